The average molecular weight is 248 g/mol. The molecule has 0 saturated carbocycles. The monoisotopic (exact) mass is 248 g/mol. The third-order valence-electron chi connectivity index (χ3n) is 2.73. The fourth-order valence-corrected chi connectivity index (χ4v) is 1.85. The molecule has 0 N–H and O–H groups in total. The Hall–Kier alpha value is -2.37. The second-order valence-corrected chi connectivity index (χ2v) is 4.24. The van der Waals surface area contributed by atoms with E-state index in [0.29, 0.717) is 22.2 Å². The van der Waals surface area contributed by atoms with Gasteiger partial charge in [0.25, 0.3) is 5.69 Å². The molecular formula is C12H12N2O4. The minimum Gasteiger partial charge on any atom is -0.423 e. The summed E-state index contributed by atoms with van der Waals surface area (Å²) in [6.45, 7) is 1.72. The summed E-state index contributed by atoms with van der Waals surface area (Å²) in [5, 5.41) is 11.6. The van der Waals surface area contributed by atoms with E-state index in [1.165, 1.54) is 18.2 Å². The van der Waals surface area contributed by atoms with Crippen LogP contribution in [0, 0.1) is 17.0 Å². The van der Waals surface area contributed by atoms with Crippen molar-refractivity contribution in [2.75, 3.05) is 19.0 Å². The minimum absolute atomic E-state index is 0.00977. The van der Waals surface area contributed by atoms with Gasteiger partial charge in [-0.05, 0) is 12.5 Å². The summed E-state index contributed by atoms with van der Waals surface area (Å²) in [7, 11) is 3.39. The molecule has 6 heteroatoms. The van der Waals surface area contributed by atoms with Crippen molar-refractivity contribution in [2.45, 2.75) is 6.92 Å². The third kappa shape index (κ3) is 1.92. The van der Waals surface area contributed by atoms with Gasteiger partial charge in [-0.25, -0.2) is 4.79 Å². The van der Waals surface area contributed by atoms with Gasteiger partial charge in [-0.3, -0.25) is 10.1 Å². The minimum atomic E-state index is -0.460. The van der Waals surface area contributed by atoms with Gasteiger partial charge in [-0.2, -0.15) is 0 Å². The summed E-state index contributed by atoms with van der Waals surface area (Å²) in [5.74, 6) is 0. The zero-order valence-electron chi connectivity index (χ0n) is 10.3. The maximum Gasteiger partial charge on any atom is 0.336 e. The Balaban J connectivity index is 2.89. The third-order valence-corrected chi connectivity index (χ3v) is 2.73. The summed E-state index contributed by atoms with van der Waals surface area (Å²) in [5.41, 5.74) is 0.952. The lowest BCUT2D eigenvalue weighted by molar-refractivity contribution is -0.384. The van der Waals surface area contributed by atoms with Crippen LogP contribution in [0.15, 0.2) is 27.4 Å². The molecular weight excluding hydrogens is 236 g/mol. The van der Waals surface area contributed by atoms with Crippen molar-refractivity contribution in [2.24, 2.45) is 0 Å². The van der Waals surface area contributed by atoms with Crippen LogP contribution < -0.4 is 10.5 Å². The molecule has 18 heavy (non-hydrogen) atoms. The first-order valence-corrected chi connectivity index (χ1v) is 5.30. The van der Waals surface area contributed by atoms with Gasteiger partial charge in [-0.1, -0.05) is 0 Å². The molecule has 0 unspecified atom stereocenters. The maximum absolute atomic E-state index is 11.3. The lowest BCUT2D eigenvalue weighted by atomic mass is 10.1. The smallest absolute Gasteiger partial charge is 0.336 e. The number of nitro benzene ring substituents is 1. The van der Waals surface area contributed by atoms with Crippen LogP contribution in [-0.2, 0) is 0 Å². The van der Waals surface area contributed by atoms with Crippen molar-refractivity contribution in [1.29, 1.82) is 0 Å². The molecule has 0 aliphatic heterocycles. The number of fused-ring (bicyclic) bond motifs is 1. The molecule has 0 aliphatic carbocycles. The number of nitro groups is 1. The Morgan fingerprint density at radius 3 is 2.50 bits per heavy atom. The molecule has 0 atom stereocenters. The molecule has 1 aromatic carbocycles. The Bertz CT molecular complexity index is 688. The van der Waals surface area contributed by atoms with E-state index in [1.807, 2.05) is 0 Å². The van der Waals surface area contributed by atoms with Crippen LogP contribution in [0.3, 0.4) is 0 Å². The molecule has 0 spiro atoms. The fraction of sp³-hybridized carbons (Fsp3) is 0.250. The number of benzene rings is 1. The Labute approximate surface area is 103 Å². The van der Waals surface area contributed by atoms with Crippen molar-refractivity contribution in [3.05, 3.63) is 44.3 Å². The van der Waals surface area contributed by atoms with E-state index in [-0.39, 0.29) is 5.69 Å². The van der Waals surface area contributed by atoms with Gasteiger partial charge in [0.15, 0.2) is 0 Å². The molecule has 0 aliphatic rings. The lowest BCUT2D eigenvalue weighted by Crippen LogP contribution is -2.11. The Morgan fingerprint density at radius 2 is 1.94 bits per heavy atom. The standard InChI is InChI=1S/C12H12N2O4/c1-7-4-12(15)18-11-6-9(13(2)3)10(14(16)17)5-8(7)11/h4-6H,1-3H3. The molecule has 2 rings (SSSR count). The molecule has 0 fully saturated rings. The van der Waals surface area contributed by atoms with Crippen molar-refractivity contribution >= 4 is 22.3 Å². The van der Waals surface area contributed by atoms with Crippen LogP contribution in [0.5, 0.6) is 0 Å². The number of rotatable bonds is 2. The van der Waals surface area contributed by atoms with Gasteiger partial charge in [0, 0.05) is 37.7 Å². The highest BCUT2D eigenvalue weighted by Crippen LogP contribution is 2.32. The topological polar surface area (TPSA) is 76.6 Å². The van der Waals surface area contributed by atoms with Crippen LogP contribution in [-0.4, -0.2) is 19.0 Å². The van der Waals surface area contributed by atoms with Crippen molar-refractivity contribution in [3.8, 4) is 0 Å². The number of anilines is 1. The first-order chi connectivity index (χ1) is 8.40. The van der Waals surface area contributed by atoms with Crippen molar-refractivity contribution in [3.63, 3.8) is 0 Å². The van der Waals surface area contributed by atoms with Crippen molar-refractivity contribution in [1.82, 2.24) is 0 Å². The van der Waals surface area contributed by atoms with Gasteiger partial charge in [0.2, 0.25) is 0 Å². The van der Waals surface area contributed by atoms with E-state index in [9.17, 15) is 14.9 Å². The number of nitrogens with zero attached hydrogens (tertiary/aromatic N) is 2. The SMILES string of the molecule is Cc1cc(=O)oc2cc(N(C)C)c([N+](=O)[O-])cc12. The Kier molecular flexibility index (Phi) is 2.78. The largest absolute Gasteiger partial charge is 0.423 e. The molecule has 0 bridgehead atoms. The van der Waals surface area contributed by atoms with Crippen LogP contribution >= 0.6 is 0 Å². The molecule has 0 amide bonds. The van der Waals surface area contributed by atoms with Crippen LogP contribution in [0.1, 0.15) is 5.56 Å². The average Bonchev–Trinajstić information content (AvgIpc) is 2.26. The zero-order valence-corrected chi connectivity index (χ0v) is 10.3. The normalized spacial score (nSPS) is 10.6. The summed E-state index contributed by atoms with van der Waals surface area (Å²) in [4.78, 5) is 23.5. The number of hydrogen-bond donors (Lipinski definition) is 0. The quantitative estimate of drug-likeness (QED) is 0.462. The van der Waals surface area contributed by atoms with Crippen LogP contribution in [0.25, 0.3) is 11.0 Å². The number of hydrogen-bond acceptors (Lipinski definition) is 5. The lowest BCUT2D eigenvalue weighted by Gasteiger charge is -2.13. The fourth-order valence-electron chi connectivity index (χ4n) is 1.85. The van der Waals surface area contributed by atoms with Crippen molar-refractivity contribution < 1.29 is 9.34 Å². The molecule has 94 valence electrons. The highest BCUT2D eigenvalue weighted by Gasteiger charge is 2.18. The van der Waals surface area contributed by atoms with E-state index in [2.05, 4.69) is 0 Å². The first kappa shape index (κ1) is 12.1. The second-order valence-electron chi connectivity index (χ2n) is 4.24. The highest BCUT2D eigenvalue weighted by atomic mass is 16.6. The molecule has 6 nitrogen and oxygen atoms in total. The maximum atomic E-state index is 11.3. The second kappa shape index (κ2) is 4.14. The highest BCUT2D eigenvalue weighted by molar-refractivity contribution is 5.88. The molecule has 2 aromatic rings. The van der Waals surface area contributed by atoms with E-state index < -0.39 is 10.5 Å². The summed E-state index contributed by atoms with van der Waals surface area (Å²) < 4.78 is 5.06. The van der Waals surface area contributed by atoms with Gasteiger partial charge >= 0.3 is 5.63 Å². The van der Waals surface area contributed by atoms with Crippen LogP contribution in [0.2, 0.25) is 0 Å². The van der Waals surface area contributed by atoms with Gasteiger partial charge in [0.1, 0.15) is 11.3 Å². The van der Waals surface area contributed by atoms with Gasteiger partial charge < -0.3 is 9.32 Å². The first-order valence-electron chi connectivity index (χ1n) is 5.30. The van der Waals surface area contributed by atoms with E-state index in [4.69, 9.17) is 4.42 Å². The van der Waals surface area contributed by atoms with E-state index in [1.54, 1.807) is 25.9 Å². The molecule has 1 heterocycles. The molecule has 0 saturated heterocycles. The predicted octanol–water partition coefficient (Wildman–Crippen LogP) is 2.08. The zero-order chi connectivity index (χ0) is 13.4. The predicted molar refractivity (Wildman–Crippen MR) is 68.2 cm³/mol. The van der Waals surface area contributed by atoms with Gasteiger partial charge in [0.05, 0.1) is 4.92 Å². The summed E-state index contributed by atoms with van der Waals surface area (Å²) >= 11 is 0. The van der Waals surface area contributed by atoms with Gasteiger partial charge in [-0.15, -0.1) is 0 Å². The summed E-state index contributed by atoms with van der Waals surface area (Å²) in [6, 6.07) is 4.27. The Morgan fingerprint density at radius 1 is 1.28 bits per heavy atom. The molecule has 0 radical (unpaired) electrons. The van der Waals surface area contributed by atoms with Crippen LogP contribution in [0.4, 0.5) is 11.4 Å². The van der Waals surface area contributed by atoms with E-state index in [0.717, 1.165) is 0 Å². The van der Waals surface area contributed by atoms with E-state index >= 15 is 0 Å². The number of aryl methyl sites for hydroxylation is 1. The summed E-state index contributed by atoms with van der Waals surface area (Å²) in [6.07, 6.45) is 0. The molecule has 1 aromatic heterocycles.